The van der Waals surface area contributed by atoms with Crippen molar-refractivity contribution in [1.29, 1.82) is 0 Å². The molecule has 1 saturated heterocycles. The van der Waals surface area contributed by atoms with Crippen LogP contribution in [0.4, 0.5) is 0 Å². The summed E-state index contributed by atoms with van der Waals surface area (Å²) < 4.78 is 18.0. The van der Waals surface area contributed by atoms with E-state index < -0.39 is 11.7 Å². The van der Waals surface area contributed by atoms with Gasteiger partial charge in [-0.2, -0.15) is 13.5 Å². The highest BCUT2D eigenvalue weighted by atomic mass is 32.1. The van der Waals surface area contributed by atoms with Crippen LogP contribution in [0.2, 0.25) is 0 Å². The first kappa shape index (κ1) is 26.7. The minimum Gasteiger partial charge on any atom is -0.378 e. The van der Waals surface area contributed by atoms with Gasteiger partial charge in [-0.25, -0.2) is 0 Å². The van der Waals surface area contributed by atoms with Gasteiger partial charge in [-0.3, -0.25) is 4.79 Å². The van der Waals surface area contributed by atoms with E-state index in [9.17, 15) is 4.79 Å². The van der Waals surface area contributed by atoms with Crippen molar-refractivity contribution >= 4 is 19.4 Å². The van der Waals surface area contributed by atoms with Gasteiger partial charge in [0.05, 0.1) is 25.9 Å². The third-order valence-electron chi connectivity index (χ3n) is 6.05. The van der Waals surface area contributed by atoms with Crippen molar-refractivity contribution in [3.05, 3.63) is 120 Å². The van der Waals surface area contributed by atoms with Crippen molar-refractivity contribution in [3.63, 3.8) is 0 Å². The molecule has 1 fully saturated rings. The molecule has 0 aromatic heterocycles. The van der Waals surface area contributed by atoms with Gasteiger partial charge >= 0.3 is 0 Å². The van der Waals surface area contributed by atoms with Gasteiger partial charge in [0.2, 0.25) is 5.91 Å². The third kappa shape index (κ3) is 6.41. The Kier molecular flexibility index (Phi) is 10.1. The summed E-state index contributed by atoms with van der Waals surface area (Å²) in [6.07, 6.45) is 1.25. The van der Waals surface area contributed by atoms with Gasteiger partial charge < -0.3 is 19.1 Å². The largest absolute Gasteiger partial charge is 0.378 e. The lowest BCUT2D eigenvalue weighted by Gasteiger charge is -2.37. The zero-order valence-corrected chi connectivity index (χ0v) is 20.8. The molecular formula is C29H33NO4S. The van der Waals surface area contributed by atoms with Crippen LogP contribution in [0.1, 0.15) is 16.7 Å². The lowest BCUT2D eigenvalue weighted by Crippen LogP contribution is -2.43. The smallest absolute Gasteiger partial charge is 0.248 e. The van der Waals surface area contributed by atoms with Crippen LogP contribution in [0.5, 0.6) is 0 Å². The second kappa shape index (κ2) is 13.3. The number of carbonyl (C=O) groups is 1. The fraction of sp³-hybridized carbons (Fsp3) is 0.276. The molecule has 3 aromatic rings. The molecule has 0 bridgehead atoms. The number of nitrogens with zero attached hydrogens (tertiary/aromatic N) is 1. The number of carbonyl (C=O) groups excluding carboxylic acids is 1. The first-order valence-corrected chi connectivity index (χ1v) is 11.6. The average Bonchev–Trinajstić information content (AvgIpc) is 2.93. The fourth-order valence-electron chi connectivity index (χ4n) is 4.24. The molecule has 1 heterocycles. The molecule has 0 unspecified atom stereocenters. The van der Waals surface area contributed by atoms with Crippen LogP contribution in [0.15, 0.2) is 104 Å². The van der Waals surface area contributed by atoms with Crippen LogP contribution in [-0.4, -0.2) is 56.4 Å². The van der Waals surface area contributed by atoms with Crippen LogP contribution in [0.25, 0.3) is 0 Å². The summed E-state index contributed by atoms with van der Waals surface area (Å²) in [5, 5.41) is 0. The van der Waals surface area contributed by atoms with Crippen LogP contribution in [0.3, 0.4) is 0 Å². The maximum Gasteiger partial charge on any atom is 0.248 e. The number of hydrogen-bond acceptors (Lipinski definition) is 4. The van der Waals surface area contributed by atoms with Gasteiger partial charge in [0.25, 0.3) is 0 Å². The van der Waals surface area contributed by atoms with Gasteiger partial charge in [-0.15, -0.1) is 6.58 Å². The predicted octanol–water partition coefficient (Wildman–Crippen LogP) is 4.54. The van der Waals surface area contributed by atoms with E-state index in [0.717, 1.165) is 16.7 Å². The van der Waals surface area contributed by atoms with Gasteiger partial charge in [-0.1, -0.05) is 97.1 Å². The van der Waals surface area contributed by atoms with E-state index in [1.807, 2.05) is 54.6 Å². The van der Waals surface area contributed by atoms with Gasteiger partial charge in [-0.05, 0) is 16.7 Å². The highest BCUT2D eigenvalue weighted by molar-refractivity contribution is 7.59. The molecule has 0 aliphatic carbocycles. The zero-order chi connectivity index (χ0) is 23.6. The van der Waals surface area contributed by atoms with E-state index >= 15 is 0 Å². The first-order valence-electron chi connectivity index (χ1n) is 11.6. The minimum atomic E-state index is -0.845. The quantitative estimate of drug-likeness (QED) is 0.309. The SMILES string of the molecule is C=C[C@@H](COC(c1ccccc1)(c1ccccc1)c1ccccc1)OCC(=O)N1CCOCC1.S. The van der Waals surface area contributed by atoms with Crippen molar-refractivity contribution in [2.24, 2.45) is 0 Å². The summed E-state index contributed by atoms with van der Waals surface area (Å²) in [5.74, 6) is -0.0457. The average molecular weight is 492 g/mol. The highest BCUT2D eigenvalue weighted by Crippen LogP contribution is 2.40. The number of rotatable bonds is 10. The highest BCUT2D eigenvalue weighted by Gasteiger charge is 2.38. The second-order valence-corrected chi connectivity index (χ2v) is 8.17. The van der Waals surface area contributed by atoms with Crippen molar-refractivity contribution in [3.8, 4) is 0 Å². The third-order valence-corrected chi connectivity index (χ3v) is 6.05. The molecular weight excluding hydrogens is 458 g/mol. The summed E-state index contributed by atoms with van der Waals surface area (Å²) in [7, 11) is 0. The molecule has 0 saturated carbocycles. The predicted molar refractivity (Wildman–Crippen MR) is 143 cm³/mol. The zero-order valence-electron chi connectivity index (χ0n) is 19.8. The van der Waals surface area contributed by atoms with Crippen molar-refractivity contribution in [2.45, 2.75) is 11.7 Å². The number of ether oxygens (including phenoxy) is 3. The monoisotopic (exact) mass is 491 g/mol. The van der Waals surface area contributed by atoms with E-state index in [0.29, 0.717) is 26.3 Å². The molecule has 0 N–H and O–H groups in total. The van der Waals surface area contributed by atoms with E-state index in [2.05, 4.69) is 43.0 Å². The Morgan fingerprint density at radius 2 is 1.34 bits per heavy atom. The Hall–Kier alpha value is -2.90. The molecule has 0 radical (unpaired) electrons. The van der Waals surface area contributed by atoms with E-state index in [4.69, 9.17) is 14.2 Å². The minimum absolute atomic E-state index is 0. The van der Waals surface area contributed by atoms with Crippen molar-refractivity contribution in [2.75, 3.05) is 39.5 Å². The van der Waals surface area contributed by atoms with Crippen LogP contribution >= 0.6 is 13.5 Å². The van der Waals surface area contributed by atoms with Crippen LogP contribution in [-0.2, 0) is 24.6 Å². The Balaban J connectivity index is 0.00000342. The van der Waals surface area contributed by atoms with Crippen LogP contribution in [0, 0.1) is 0 Å². The molecule has 5 nitrogen and oxygen atoms in total. The molecule has 1 aliphatic rings. The normalized spacial score (nSPS) is 14.6. The van der Waals surface area contributed by atoms with E-state index in [1.165, 1.54) is 0 Å². The summed E-state index contributed by atoms with van der Waals surface area (Å²) in [4.78, 5) is 14.3. The molecule has 1 atom stereocenters. The molecule has 4 rings (SSSR count). The van der Waals surface area contributed by atoms with E-state index in [1.54, 1.807) is 11.0 Å². The summed E-state index contributed by atoms with van der Waals surface area (Å²) in [5.41, 5.74) is 2.20. The summed E-state index contributed by atoms with van der Waals surface area (Å²) >= 11 is 0. The summed E-state index contributed by atoms with van der Waals surface area (Å²) in [6.45, 7) is 6.45. The number of benzene rings is 3. The standard InChI is InChI=1S/C29H31NO4.H2S/c1-2-27(33-23-28(31)30-18-20-32-21-19-30)22-34-29(24-12-6-3-7-13-24,25-14-8-4-9-15-25)26-16-10-5-11-17-26;/h2-17,27H,1,18-23H2;1H2/t27-;/m0./s1. The molecule has 3 aromatic carbocycles. The van der Waals surface area contributed by atoms with Gasteiger partial charge in [0.1, 0.15) is 12.2 Å². The lowest BCUT2D eigenvalue weighted by molar-refractivity contribution is -0.143. The molecule has 1 amide bonds. The lowest BCUT2D eigenvalue weighted by atomic mass is 9.80. The number of hydrogen-bond donors (Lipinski definition) is 0. The van der Waals surface area contributed by atoms with Crippen molar-refractivity contribution < 1.29 is 19.0 Å². The number of morpholine rings is 1. The fourth-order valence-corrected chi connectivity index (χ4v) is 4.24. The number of amides is 1. The molecule has 0 spiro atoms. The van der Waals surface area contributed by atoms with Crippen LogP contribution < -0.4 is 0 Å². The molecule has 6 heteroatoms. The molecule has 184 valence electrons. The van der Waals surface area contributed by atoms with Crippen molar-refractivity contribution in [1.82, 2.24) is 4.90 Å². The Morgan fingerprint density at radius 3 is 1.77 bits per heavy atom. The first-order chi connectivity index (χ1) is 16.7. The van der Waals surface area contributed by atoms with Gasteiger partial charge in [0.15, 0.2) is 0 Å². The topological polar surface area (TPSA) is 48.0 Å². The maximum absolute atomic E-state index is 12.6. The molecule has 1 aliphatic heterocycles. The second-order valence-electron chi connectivity index (χ2n) is 8.17. The Labute approximate surface area is 214 Å². The Bertz CT molecular complexity index is 943. The van der Waals surface area contributed by atoms with Gasteiger partial charge in [0, 0.05) is 13.1 Å². The maximum atomic E-state index is 12.6. The summed E-state index contributed by atoms with van der Waals surface area (Å²) in [6, 6.07) is 30.5. The Morgan fingerprint density at radius 1 is 0.886 bits per heavy atom. The molecule has 35 heavy (non-hydrogen) atoms. The van der Waals surface area contributed by atoms with E-state index in [-0.39, 0.29) is 32.6 Å².